The molecule has 1 amide bonds. The van der Waals surface area contributed by atoms with E-state index in [-0.39, 0.29) is 0 Å². The Bertz CT molecular complexity index is 574. The van der Waals surface area contributed by atoms with Gasteiger partial charge in [-0.05, 0) is 57.0 Å². The van der Waals surface area contributed by atoms with Crippen molar-refractivity contribution in [3.63, 3.8) is 0 Å². The molecule has 0 aliphatic rings. The molecule has 22 heavy (non-hydrogen) atoms. The summed E-state index contributed by atoms with van der Waals surface area (Å²) in [5, 5.41) is 0. The van der Waals surface area contributed by atoms with Gasteiger partial charge in [0.05, 0.1) is 7.11 Å². The molecule has 1 aromatic carbocycles. The fraction of sp³-hybridized carbons (Fsp3) is 0.412. The van der Waals surface area contributed by atoms with Crippen molar-refractivity contribution in [1.29, 1.82) is 0 Å². The highest BCUT2D eigenvalue weighted by atomic mass is 16.6. The van der Waals surface area contributed by atoms with Crippen LogP contribution in [-0.4, -0.2) is 37.2 Å². The maximum Gasteiger partial charge on any atom is 0.415 e. The van der Waals surface area contributed by atoms with E-state index in [0.717, 1.165) is 11.1 Å². The van der Waals surface area contributed by atoms with Crippen LogP contribution in [0.4, 0.5) is 4.79 Å². The van der Waals surface area contributed by atoms with Crippen molar-refractivity contribution in [2.75, 3.05) is 20.2 Å². The van der Waals surface area contributed by atoms with Gasteiger partial charge in [-0.25, -0.2) is 9.59 Å². The Balaban J connectivity index is 3.11. The predicted molar refractivity (Wildman–Crippen MR) is 85.9 cm³/mol. The van der Waals surface area contributed by atoms with E-state index >= 15 is 0 Å². The average Bonchev–Trinajstić information content (AvgIpc) is 2.50. The number of amides is 1. The van der Waals surface area contributed by atoms with Gasteiger partial charge in [-0.1, -0.05) is 0 Å². The third kappa shape index (κ3) is 4.62. The highest BCUT2D eigenvalue weighted by Gasteiger charge is 2.14. The molecule has 120 valence electrons. The molecule has 0 bridgehead atoms. The minimum absolute atomic E-state index is 0.402. The molecule has 0 N–H and O–H groups in total. The van der Waals surface area contributed by atoms with Gasteiger partial charge in [0.25, 0.3) is 0 Å². The van der Waals surface area contributed by atoms with Gasteiger partial charge in [0, 0.05) is 24.7 Å². The van der Waals surface area contributed by atoms with Gasteiger partial charge in [0.1, 0.15) is 5.75 Å². The van der Waals surface area contributed by atoms with Crippen LogP contribution in [-0.2, 0) is 9.53 Å². The molecule has 0 saturated carbocycles. The molecule has 0 fully saturated rings. The quantitative estimate of drug-likeness (QED) is 0.618. The fourth-order valence-corrected chi connectivity index (χ4v) is 1.90. The Kier molecular flexibility index (Phi) is 6.63. The van der Waals surface area contributed by atoms with Crippen LogP contribution >= 0.6 is 0 Å². The summed E-state index contributed by atoms with van der Waals surface area (Å²) in [7, 11) is 1.31. The van der Waals surface area contributed by atoms with Gasteiger partial charge < -0.3 is 14.4 Å². The Hall–Kier alpha value is -2.30. The van der Waals surface area contributed by atoms with E-state index in [1.54, 1.807) is 17.0 Å². The summed E-state index contributed by atoms with van der Waals surface area (Å²) in [6.07, 6.45) is 2.49. The molecule has 0 radical (unpaired) electrons. The predicted octanol–water partition coefficient (Wildman–Crippen LogP) is 3.33. The first kappa shape index (κ1) is 17.8. The number of esters is 1. The number of rotatable bonds is 5. The molecule has 1 aromatic rings. The van der Waals surface area contributed by atoms with Crippen molar-refractivity contribution < 1.29 is 19.1 Å². The molecular formula is C17H23NO4. The zero-order chi connectivity index (χ0) is 16.7. The summed E-state index contributed by atoms with van der Waals surface area (Å²) in [6, 6.07) is 3.67. The van der Waals surface area contributed by atoms with Crippen molar-refractivity contribution >= 4 is 18.1 Å². The zero-order valence-corrected chi connectivity index (χ0v) is 13.8. The summed E-state index contributed by atoms with van der Waals surface area (Å²) in [5.41, 5.74) is 2.72. The van der Waals surface area contributed by atoms with Crippen molar-refractivity contribution in [1.82, 2.24) is 4.90 Å². The van der Waals surface area contributed by atoms with E-state index in [2.05, 4.69) is 4.74 Å². The van der Waals surface area contributed by atoms with E-state index in [0.29, 0.717) is 24.4 Å². The van der Waals surface area contributed by atoms with E-state index < -0.39 is 12.1 Å². The van der Waals surface area contributed by atoms with Gasteiger partial charge >= 0.3 is 12.1 Å². The normalized spacial score (nSPS) is 10.6. The molecule has 0 unspecified atom stereocenters. The largest absolute Gasteiger partial charge is 0.466 e. The minimum atomic E-state index is -0.459. The number of benzene rings is 1. The number of nitrogens with zero attached hydrogens (tertiary/aromatic N) is 1. The lowest BCUT2D eigenvalue weighted by atomic mass is 10.0. The lowest BCUT2D eigenvalue weighted by molar-refractivity contribution is -0.134. The third-order valence-electron chi connectivity index (χ3n) is 3.45. The van der Waals surface area contributed by atoms with Gasteiger partial charge in [-0.3, -0.25) is 0 Å². The van der Waals surface area contributed by atoms with E-state index in [9.17, 15) is 9.59 Å². The minimum Gasteiger partial charge on any atom is -0.466 e. The molecular weight excluding hydrogens is 282 g/mol. The molecule has 0 atom stereocenters. The van der Waals surface area contributed by atoms with E-state index in [1.165, 1.54) is 13.2 Å². The van der Waals surface area contributed by atoms with Crippen LogP contribution in [0.25, 0.3) is 6.08 Å². The zero-order valence-electron chi connectivity index (χ0n) is 13.8. The van der Waals surface area contributed by atoms with Crippen molar-refractivity contribution in [3.05, 3.63) is 34.9 Å². The van der Waals surface area contributed by atoms with Crippen LogP contribution in [0, 0.1) is 13.8 Å². The molecule has 1 rings (SSSR count). The van der Waals surface area contributed by atoms with Gasteiger partial charge in [-0.15, -0.1) is 0 Å². The summed E-state index contributed by atoms with van der Waals surface area (Å²) >= 11 is 0. The summed E-state index contributed by atoms with van der Waals surface area (Å²) in [6.45, 7) is 8.84. The second-order valence-corrected chi connectivity index (χ2v) is 4.87. The fourth-order valence-electron chi connectivity index (χ4n) is 1.90. The molecule has 0 aliphatic carbocycles. The molecule has 0 heterocycles. The van der Waals surface area contributed by atoms with Gasteiger partial charge in [0.2, 0.25) is 0 Å². The summed E-state index contributed by atoms with van der Waals surface area (Å²) in [4.78, 5) is 24.9. The Morgan fingerprint density at radius 3 is 2.27 bits per heavy atom. The Morgan fingerprint density at radius 2 is 1.73 bits per heavy atom. The first-order valence-electron chi connectivity index (χ1n) is 7.26. The van der Waals surface area contributed by atoms with Crippen LogP contribution in [0.15, 0.2) is 18.2 Å². The molecule has 0 aliphatic heterocycles. The Labute approximate surface area is 131 Å². The van der Waals surface area contributed by atoms with Crippen molar-refractivity contribution in [2.45, 2.75) is 27.7 Å². The molecule has 5 nitrogen and oxygen atoms in total. The van der Waals surface area contributed by atoms with Crippen LogP contribution in [0.2, 0.25) is 0 Å². The molecule has 0 aromatic heterocycles. The molecule has 0 saturated heterocycles. The third-order valence-corrected chi connectivity index (χ3v) is 3.45. The maximum atomic E-state index is 12.1. The monoisotopic (exact) mass is 305 g/mol. The van der Waals surface area contributed by atoms with E-state index in [1.807, 2.05) is 33.8 Å². The smallest absolute Gasteiger partial charge is 0.415 e. The highest BCUT2D eigenvalue weighted by Crippen LogP contribution is 2.25. The SMILES string of the molecule is CCN(CC)C(=O)Oc1cc(C)c(C)cc1/C=C/C(=O)OC. The van der Waals surface area contributed by atoms with Crippen LogP contribution in [0.1, 0.15) is 30.5 Å². The topological polar surface area (TPSA) is 55.8 Å². The van der Waals surface area contributed by atoms with Gasteiger partial charge in [-0.2, -0.15) is 0 Å². The lowest BCUT2D eigenvalue weighted by Gasteiger charge is -2.19. The highest BCUT2D eigenvalue weighted by molar-refractivity contribution is 5.88. The lowest BCUT2D eigenvalue weighted by Crippen LogP contribution is -2.33. The summed E-state index contributed by atoms with van der Waals surface area (Å²) < 4.78 is 10.1. The average molecular weight is 305 g/mol. The number of hydrogen-bond acceptors (Lipinski definition) is 4. The number of ether oxygens (including phenoxy) is 2. The second-order valence-electron chi connectivity index (χ2n) is 4.87. The number of methoxy groups -OCH3 is 1. The van der Waals surface area contributed by atoms with E-state index in [4.69, 9.17) is 4.74 Å². The number of carbonyl (C=O) groups is 2. The maximum absolute atomic E-state index is 12.1. The number of hydrogen-bond donors (Lipinski definition) is 0. The first-order chi connectivity index (χ1) is 10.4. The first-order valence-corrected chi connectivity index (χ1v) is 7.26. The van der Waals surface area contributed by atoms with Crippen LogP contribution < -0.4 is 4.74 Å². The van der Waals surface area contributed by atoms with Crippen molar-refractivity contribution in [2.24, 2.45) is 0 Å². The van der Waals surface area contributed by atoms with Crippen LogP contribution in [0.5, 0.6) is 5.75 Å². The van der Waals surface area contributed by atoms with Crippen molar-refractivity contribution in [3.8, 4) is 5.75 Å². The summed E-state index contributed by atoms with van der Waals surface area (Å²) in [5.74, 6) is -0.0283. The molecule has 0 spiro atoms. The van der Waals surface area contributed by atoms with Crippen LogP contribution in [0.3, 0.4) is 0 Å². The second kappa shape index (κ2) is 8.22. The Morgan fingerprint density at radius 1 is 1.14 bits per heavy atom. The standard InChI is InChI=1S/C17H23NO4/c1-6-18(7-2)17(20)22-15-11-13(4)12(3)10-14(15)8-9-16(19)21-5/h8-11H,6-7H2,1-5H3/b9-8+. The molecule has 5 heteroatoms. The van der Waals surface area contributed by atoms with Gasteiger partial charge in [0.15, 0.2) is 0 Å². The number of carbonyl (C=O) groups excluding carboxylic acids is 2. The number of aryl methyl sites for hydroxylation is 2.